The summed E-state index contributed by atoms with van der Waals surface area (Å²) in [6.45, 7) is 8.96. The van der Waals surface area contributed by atoms with Crippen molar-refractivity contribution < 1.29 is 4.74 Å². The van der Waals surface area contributed by atoms with Crippen LogP contribution in [-0.4, -0.2) is 53.2 Å². The van der Waals surface area contributed by atoms with Gasteiger partial charge in [0.05, 0.1) is 24.5 Å². The Kier molecular flexibility index (Phi) is 6.88. The molecule has 2 fully saturated rings. The molecule has 158 valence electrons. The molecule has 0 spiro atoms. The monoisotopic (exact) mass is 509 g/mol. The Labute approximate surface area is 190 Å². The van der Waals surface area contributed by atoms with Crippen LogP contribution >= 0.6 is 24.0 Å². The smallest absolute Gasteiger partial charge is 0.194 e. The van der Waals surface area contributed by atoms with E-state index < -0.39 is 0 Å². The van der Waals surface area contributed by atoms with Gasteiger partial charge in [-0.15, -0.1) is 24.0 Å². The number of fused-ring (bicyclic) bond motifs is 1. The SMILES string of the molecule is CCN=C(NC1C2CCOC2C1(C)C)N(C)Cc1ncc(-c2ccccc2)[nH]1.I. The number of benzene rings is 1. The molecule has 0 bridgehead atoms. The molecule has 2 aliphatic rings. The van der Waals surface area contributed by atoms with Gasteiger partial charge in [0.1, 0.15) is 5.82 Å². The summed E-state index contributed by atoms with van der Waals surface area (Å²) in [7, 11) is 2.07. The van der Waals surface area contributed by atoms with Crippen molar-refractivity contribution in [2.45, 2.75) is 45.9 Å². The second kappa shape index (κ2) is 9.04. The largest absolute Gasteiger partial charge is 0.377 e. The number of H-pyrrole nitrogens is 1. The van der Waals surface area contributed by atoms with E-state index in [1.165, 1.54) is 0 Å². The summed E-state index contributed by atoms with van der Waals surface area (Å²) in [5.41, 5.74) is 2.31. The highest BCUT2D eigenvalue weighted by molar-refractivity contribution is 14.0. The normalized spacial score (nSPS) is 25.0. The molecule has 2 N–H and O–H groups in total. The molecule has 1 saturated carbocycles. The third kappa shape index (κ3) is 4.30. The molecule has 2 aromatic rings. The molecular formula is C22H32IN5O. The second-order valence-corrected chi connectivity index (χ2v) is 8.45. The zero-order chi connectivity index (χ0) is 19.7. The molecule has 2 heterocycles. The summed E-state index contributed by atoms with van der Waals surface area (Å²) < 4.78 is 5.93. The van der Waals surface area contributed by atoms with E-state index in [1.807, 2.05) is 24.4 Å². The number of aliphatic imine (C=N–C) groups is 1. The molecule has 3 unspecified atom stereocenters. The van der Waals surface area contributed by atoms with Gasteiger partial charge in [0.2, 0.25) is 0 Å². The maximum Gasteiger partial charge on any atom is 0.194 e. The molecule has 0 amide bonds. The van der Waals surface area contributed by atoms with Crippen molar-refractivity contribution in [3.8, 4) is 11.3 Å². The van der Waals surface area contributed by atoms with Gasteiger partial charge in [-0.25, -0.2) is 4.98 Å². The van der Waals surface area contributed by atoms with E-state index in [0.717, 1.165) is 42.6 Å². The number of aromatic amines is 1. The van der Waals surface area contributed by atoms with Gasteiger partial charge >= 0.3 is 0 Å². The van der Waals surface area contributed by atoms with Gasteiger partial charge in [-0.05, 0) is 18.9 Å². The summed E-state index contributed by atoms with van der Waals surface area (Å²) in [4.78, 5) is 14.9. The molecule has 1 saturated heterocycles. The summed E-state index contributed by atoms with van der Waals surface area (Å²) in [5.74, 6) is 2.45. The number of ether oxygens (including phenoxy) is 1. The van der Waals surface area contributed by atoms with E-state index >= 15 is 0 Å². The Hall–Kier alpha value is -1.61. The Morgan fingerprint density at radius 2 is 2.10 bits per heavy atom. The lowest BCUT2D eigenvalue weighted by Gasteiger charge is -2.55. The van der Waals surface area contributed by atoms with Crippen molar-refractivity contribution in [1.82, 2.24) is 20.2 Å². The van der Waals surface area contributed by atoms with Crippen LogP contribution in [0.2, 0.25) is 0 Å². The highest BCUT2D eigenvalue weighted by atomic mass is 127. The van der Waals surface area contributed by atoms with Gasteiger partial charge in [0.15, 0.2) is 5.96 Å². The maximum atomic E-state index is 5.93. The minimum Gasteiger partial charge on any atom is -0.377 e. The average molecular weight is 509 g/mol. The van der Waals surface area contributed by atoms with Gasteiger partial charge in [-0.1, -0.05) is 44.2 Å². The predicted octanol–water partition coefficient (Wildman–Crippen LogP) is 3.91. The molecule has 1 aromatic carbocycles. The molecule has 6 nitrogen and oxygen atoms in total. The van der Waals surface area contributed by atoms with E-state index in [9.17, 15) is 0 Å². The number of nitrogens with zero attached hydrogens (tertiary/aromatic N) is 3. The lowest BCUT2D eigenvalue weighted by molar-refractivity contribution is -0.107. The highest BCUT2D eigenvalue weighted by Gasteiger charge is 2.59. The summed E-state index contributed by atoms with van der Waals surface area (Å²) in [6, 6.07) is 10.7. The Bertz CT molecular complexity index is 835. The van der Waals surface area contributed by atoms with Crippen molar-refractivity contribution in [2.24, 2.45) is 16.3 Å². The first-order valence-electron chi connectivity index (χ1n) is 10.2. The van der Waals surface area contributed by atoms with Crippen LogP contribution in [0, 0.1) is 11.3 Å². The van der Waals surface area contributed by atoms with Crippen molar-refractivity contribution in [3.63, 3.8) is 0 Å². The molecule has 3 atom stereocenters. The van der Waals surface area contributed by atoms with Crippen LogP contribution in [0.25, 0.3) is 11.3 Å². The Morgan fingerprint density at radius 1 is 1.34 bits per heavy atom. The lowest BCUT2D eigenvalue weighted by Crippen LogP contribution is -2.67. The first-order valence-corrected chi connectivity index (χ1v) is 10.2. The molecule has 0 radical (unpaired) electrons. The Morgan fingerprint density at radius 3 is 2.83 bits per heavy atom. The summed E-state index contributed by atoms with van der Waals surface area (Å²) in [5, 5.41) is 3.73. The van der Waals surface area contributed by atoms with Crippen molar-refractivity contribution in [1.29, 1.82) is 0 Å². The topological polar surface area (TPSA) is 65.5 Å². The molecule has 4 rings (SSSR count). The van der Waals surface area contributed by atoms with Crippen LogP contribution in [0.3, 0.4) is 0 Å². The number of guanidine groups is 1. The number of nitrogens with one attached hydrogen (secondary N) is 2. The van der Waals surface area contributed by atoms with E-state index in [2.05, 4.69) is 60.1 Å². The van der Waals surface area contributed by atoms with Crippen LogP contribution in [0.15, 0.2) is 41.5 Å². The van der Waals surface area contributed by atoms with E-state index in [-0.39, 0.29) is 29.4 Å². The molecule has 1 aliphatic heterocycles. The fourth-order valence-corrected chi connectivity index (χ4v) is 4.69. The highest BCUT2D eigenvalue weighted by Crippen LogP contribution is 2.52. The van der Waals surface area contributed by atoms with Crippen LogP contribution in [0.5, 0.6) is 0 Å². The van der Waals surface area contributed by atoms with Crippen LogP contribution in [0.1, 0.15) is 33.0 Å². The van der Waals surface area contributed by atoms with Crippen molar-refractivity contribution in [3.05, 3.63) is 42.4 Å². The van der Waals surface area contributed by atoms with E-state index in [1.54, 1.807) is 0 Å². The average Bonchev–Trinajstić information content (AvgIpc) is 3.34. The third-order valence-electron chi connectivity index (χ3n) is 6.15. The standard InChI is InChI=1S/C22H31N5O.HI/c1-5-23-21(26-19-16-11-12-28-20(16)22(19,2)3)27(4)14-18-24-13-17(25-18)15-9-7-6-8-10-15;/h6-10,13,16,19-20H,5,11-12,14H2,1-4H3,(H,23,26)(H,24,25);1H. The molecular weight excluding hydrogens is 477 g/mol. The Balaban J connectivity index is 0.00000240. The number of hydrogen-bond donors (Lipinski definition) is 2. The zero-order valence-corrected chi connectivity index (χ0v) is 20.0. The third-order valence-corrected chi connectivity index (χ3v) is 6.15. The quantitative estimate of drug-likeness (QED) is 0.365. The van der Waals surface area contributed by atoms with Gasteiger partial charge in [-0.3, -0.25) is 4.99 Å². The zero-order valence-electron chi connectivity index (χ0n) is 17.7. The van der Waals surface area contributed by atoms with Gasteiger partial charge in [-0.2, -0.15) is 0 Å². The van der Waals surface area contributed by atoms with E-state index in [0.29, 0.717) is 24.6 Å². The maximum absolute atomic E-state index is 5.93. The summed E-state index contributed by atoms with van der Waals surface area (Å²) >= 11 is 0. The lowest BCUT2D eigenvalue weighted by atomic mass is 9.57. The van der Waals surface area contributed by atoms with Gasteiger partial charge in [0.25, 0.3) is 0 Å². The predicted molar refractivity (Wildman–Crippen MR) is 127 cm³/mol. The first-order chi connectivity index (χ1) is 13.5. The fourth-order valence-electron chi connectivity index (χ4n) is 4.69. The fraction of sp³-hybridized carbons (Fsp3) is 0.545. The molecule has 1 aromatic heterocycles. The van der Waals surface area contributed by atoms with Gasteiger partial charge < -0.3 is 19.9 Å². The van der Waals surface area contributed by atoms with Crippen LogP contribution in [-0.2, 0) is 11.3 Å². The molecule has 1 aliphatic carbocycles. The minimum absolute atomic E-state index is 0. The van der Waals surface area contributed by atoms with Crippen LogP contribution in [0.4, 0.5) is 0 Å². The van der Waals surface area contributed by atoms with Crippen molar-refractivity contribution >= 4 is 29.9 Å². The van der Waals surface area contributed by atoms with E-state index in [4.69, 9.17) is 9.73 Å². The van der Waals surface area contributed by atoms with Crippen LogP contribution < -0.4 is 5.32 Å². The molecule has 29 heavy (non-hydrogen) atoms. The first kappa shape index (κ1) is 22.1. The van der Waals surface area contributed by atoms with Gasteiger partial charge in [0, 0.05) is 37.6 Å². The minimum atomic E-state index is 0. The number of aromatic nitrogens is 2. The number of halogens is 1. The summed E-state index contributed by atoms with van der Waals surface area (Å²) in [6.07, 6.45) is 3.41. The number of imidazole rings is 1. The molecule has 7 heteroatoms. The van der Waals surface area contributed by atoms with Crippen molar-refractivity contribution in [2.75, 3.05) is 20.2 Å². The number of rotatable bonds is 5. The number of hydrogen-bond acceptors (Lipinski definition) is 3. The second-order valence-electron chi connectivity index (χ2n) is 8.45.